The van der Waals surface area contributed by atoms with Crippen LogP contribution in [0, 0.1) is 0 Å². The van der Waals surface area contributed by atoms with Crippen molar-refractivity contribution in [3.63, 3.8) is 0 Å². The maximum Gasteiger partial charge on any atom is 0.131 e. The van der Waals surface area contributed by atoms with Crippen molar-refractivity contribution in [1.29, 1.82) is 0 Å². The Labute approximate surface area is 103 Å². The predicted molar refractivity (Wildman–Crippen MR) is 69.4 cm³/mol. The molecule has 1 aliphatic heterocycles. The molecule has 2 rings (SSSR count). The molecule has 1 fully saturated rings. The van der Waals surface area contributed by atoms with E-state index in [1.807, 2.05) is 19.1 Å². The minimum Gasteiger partial charge on any atom is -0.365 e. The number of hydrogen-bond donors (Lipinski definition) is 0. The predicted octanol–water partition coefficient (Wildman–Crippen LogP) is 3.76. The Bertz CT molecular complexity index is 393. The van der Waals surface area contributed by atoms with E-state index in [-0.39, 0.29) is 0 Å². The Morgan fingerprint density at radius 2 is 2.12 bits per heavy atom. The van der Waals surface area contributed by atoms with Crippen LogP contribution < -0.4 is 0 Å². The van der Waals surface area contributed by atoms with Crippen LogP contribution in [-0.2, 0) is 0 Å². The molecule has 0 radical (unpaired) electrons. The molecule has 0 spiro atoms. The summed E-state index contributed by atoms with van der Waals surface area (Å²) in [6.07, 6.45) is 7.14. The molecule has 0 aromatic heterocycles. The molecule has 1 aliphatic carbocycles. The summed E-state index contributed by atoms with van der Waals surface area (Å²) in [5, 5.41) is 0. The van der Waals surface area contributed by atoms with Crippen molar-refractivity contribution in [3.8, 4) is 0 Å². The lowest BCUT2D eigenvalue weighted by molar-refractivity contribution is 0.276. The lowest BCUT2D eigenvalue weighted by Gasteiger charge is -2.33. The van der Waals surface area contributed by atoms with Gasteiger partial charge in [0.25, 0.3) is 0 Å². The third-order valence-electron chi connectivity index (χ3n) is 3.54. The van der Waals surface area contributed by atoms with Gasteiger partial charge in [-0.05, 0) is 31.8 Å². The van der Waals surface area contributed by atoms with E-state index >= 15 is 0 Å². The number of hydrogen-bond acceptors (Lipinski definition) is 1. The number of nitrogens with zero attached hydrogens (tertiary/aromatic N) is 1. The highest BCUT2D eigenvalue weighted by Crippen LogP contribution is 2.31. The highest BCUT2D eigenvalue weighted by molar-refractivity contribution is 5.43. The van der Waals surface area contributed by atoms with E-state index in [1.54, 1.807) is 0 Å². The Hall–Kier alpha value is -1.27. The zero-order chi connectivity index (χ0) is 12.3. The van der Waals surface area contributed by atoms with Gasteiger partial charge in [-0.15, -0.1) is 5.73 Å². The SMILES string of the molecule is C=C=C(C1=C(C)C=CCC1F)N1CCCCC1. The summed E-state index contributed by atoms with van der Waals surface area (Å²) >= 11 is 0. The lowest BCUT2D eigenvalue weighted by Crippen LogP contribution is -2.32. The molecule has 2 heteroatoms. The van der Waals surface area contributed by atoms with E-state index in [4.69, 9.17) is 0 Å². The third-order valence-corrected chi connectivity index (χ3v) is 3.54. The summed E-state index contributed by atoms with van der Waals surface area (Å²) in [7, 11) is 0. The maximum atomic E-state index is 14.1. The van der Waals surface area contributed by atoms with Gasteiger partial charge in [-0.3, -0.25) is 0 Å². The number of halogens is 1. The highest BCUT2D eigenvalue weighted by atomic mass is 19.1. The molecule has 1 heterocycles. The molecular weight excluding hydrogens is 213 g/mol. The van der Waals surface area contributed by atoms with Crippen molar-refractivity contribution in [2.24, 2.45) is 0 Å². The standard InChI is InChI=1S/C15H20FN/c1-3-14(17-10-5-4-6-11-17)15-12(2)8-7-9-13(15)16/h7-8,13H,1,4-6,9-11H2,2H3. The molecule has 0 aromatic carbocycles. The molecule has 0 aromatic rings. The van der Waals surface area contributed by atoms with Crippen LogP contribution in [0.15, 0.2) is 41.3 Å². The largest absolute Gasteiger partial charge is 0.365 e. The van der Waals surface area contributed by atoms with Gasteiger partial charge >= 0.3 is 0 Å². The highest BCUT2D eigenvalue weighted by Gasteiger charge is 2.25. The van der Waals surface area contributed by atoms with Crippen molar-refractivity contribution in [1.82, 2.24) is 4.90 Å². The summed E-state index contributed by atoms with van der Waals surface area (Å²) in [5.74, 6) is 0. The molecule has 1 unspecified atom stereocenters. The Morgan fingerprint density at radius 3 is 2.71 bits per heavy atom. The molecule has 1 nitrogen and oxygen atoms in total. The number of likely N-dealkylation sites (tertiary alicyclic amines) is 1. The first-order chi connectivity index (χ1) is 8.24. The fraction of sp³-hybridized carbons (Fsp3) is 0.533. The van der Waals surface area contributed by atoms with Gasteiger partial charge in [0, 0.05) is 25.1 Å². The number of alkyl halides is 1. The first-order valence-electron chi connectivity index (χ1n) is 6.41. The van der Waals surface area contributed by atoms with Gasteiger partial charge in [0.2, 0.25) is 0 Å². The monoisotopic (exact) mass is 233 g/mol. The second-order valence-electron chi connectivity index (χ2n) is 4.78. The van der Waals surface area contributed by atoms with Crippen LogP contribution in [0.2, 0.25) is 0 Å². The second kappa shape index (κ2) is 5.37. The average Bonchev–Trinajstić information content (AvgIpc) is 2.35. The zero-order valence-electron chi connectivity index (χ0n) is 10.5. The summed E-state index contributed by atoms with van der Waals surface area (Å²) < 4.78 is 14.1. The topological polar surface area (TPSA) is 3.24 Å². The van der Waals surface area contributed by atoms with Crippen LogP contribution in [0.1, 0.15) is 32.6 Å². The lowest BCUT2D eigenvalue weighted by atomic mass is 9.93. The fourth-order valence-corrected chi connectivity index (χ4v) is 2.65. The van der Waals surface area contributed by atoms with Gasteiger partial charge < -0.3 is 4.90 Å². The molecule has 0 bridgehead atoms. The zero-order valence-corrected chi connectivity index (χ0v) is 10.5. The van der Waals surface area contributed by atoms with Crippen LogP contribution >= 0.6 is 0 Å². The van der Waals surface area contributed by atoms with Crippen molar-refractivity contribution in [2.75, 3.05) is 13.1 Å². The van der Waals surface area contributed by atoms with E-state index < -0.39 is 6.17 Å². The van der Waals surface area contributed by atoms with Gasteiger partial charge in [-0.1, -0.05) is 18.7 Å². The first kappa shape index (κ1) is 12.2. The Balaban J connectivity index is 2.29. The molecule has 17 heavy (non-hydrogen) atoms. The Morgan fingerprint density at radius 1 is 1.41 bits per heavy atom. The second-order valence-corrected chi connectivity index (χ2v) is 4.78. The minimum absolute atomic E-state index is 0.478. The normalized spacial score (nSPS) is 24.8. The van der Waals surface area contributed by atoms with Crippen LogP contribution in [0.3, 0.4) is 0 Å². The van der Waals surface area contributed by atoms with E-state index in [1.165, 1.54) is 19.3 Å². The summed E-state index contributed by atoms with van der Waals surface area (Å²) in [5.41, 5.74) is 5.66. The van der Waals surface area contributed by atoms with Crippen molar-refractivity contribution < 1.29 is 4.39 Å². The van der Waals surface area contributed by atoms with Crippen molar-refractivity contribution in [2.45, 2.75) is 38.8 Å². The van der Waals surface area contributed by atoms with E-state index in [0.29, 0.717) is 6.42 Å². The number of allylic oxidation sites excluding steroid dienone is 4. The van der Waals surface area contributed by atoms with Crippen molar-refractivity contribution in [3.05, 3.63) is 41.3 Å². The number of rotatable bonds is 2. The average molecular weight is 233 g/mol. The van der Waals surface area contributed by atoms with Gasteiger partial charge in [0.05, 0.1) is 5.70 Å². The van der Waals surface area contributed by atoms with E-state index in [2.05, 4.69) is 17.2 Å². The van der Waals surface area contributed by atoms with Gasteiger partial charge in [0.1, 0.15) is 6.17 Å². The molecule has 0 saturated carbocycles. The summed E-state index contributed by atoms with van der Waals surface area (Å²) in [6.45, 7) is 7.73. The van der Waals surface area contributed by atoms with Crippen LogP contribution in [-0.4, -0.2) is 24.2 Å². The van der Waals surface area contributed by atoms with Crippen molar-refractivity contribution >= 4 is 0 Å². The van der Waals surface area contributed by atoms with Gasteiger partial charge in [-0.25, -0.2) is 4.39 Å². The van der Waals surface area contributed by atoms with Gasteiger partial charge in [-0.2, -0.15) is 0 Å². The van der Waals surface area contributed by atoms with E-state index in [9.17, 15) is 4.39 Å². The third kappa shape index (κ3) is 2.53. The molecule has 92 valence electrons. The van der Waals surface area contributed by atoms with E-state index in [0.717, 1.165) is 29.9 Å². The molecule has 2 aliphatic rings. The van der Waals surface area contributed by atoms with Crippen LogP contribution in [0.4, 0.5) is 4.39 Å². The summed E-state index contributed by atoms with van der Waals surface area (Å²) in [6, 6.07) is 0. The molecular formula is C15H20FN. The van der Waals surface area contributed by atoms with Crippen LogP contribution in [0.5, 0.6) is 0 Å². The Kier molecular flexibility index (Phi) is 3.86. The first-order valence-corrected chi connectivity index (χ1v) is 6.41. The smallest absolute Gasteiger partial charge is 0.131 e. The van der Waals surface area contributed by atoms with Gasteiger partial charge in [0.15, 0.2) is 0 Å². The molecule has 0 N–H and O–H groups in total. The minimum atomic E-state index is -0.897. The summed E-state index contributed by atoms with van der Waals surface area (Å²) in [4.78, 5) is 2.24. The molecule has 0 amide bonds. The number of piperidine rings is 1. The quantitative estimate of drug-likeness (QED) is 0.656. The molecule has 1 saturated heterocycles. The van der Waals surface area contributed by atoms with Crippen LogP contribution in [0.25, 0.3) is 0 Å². The fourth-order valence-electron chi connectivity index (χ4n) is 2.65. The molecule has 1 atom stereocenters. The maximum absolute atomic E-state index is 14.1.